The molecule has 50 heavy (non-hydrogen) atoms. The fraction of sp³-hybridized carbons (Fsp3) is 0.474. The molecule has 0 radical (unpaired) electrons. The third-order valence-corrected chi connectivity index (χ3v) is 10.1. The first-order valence-electron chi connectivity index (χ1n) is 17.4. The van der Waals surface area contributed by atoms with Gasteiger partial charge >= 0.3 is 0 Å². The minimum absolute atomic E-state index is 0.0415. The second kappa shape index (κ2) is 14.1. The molecule has 12 heteroatoms. The summed E-state index contributed by atoms with van der Waals surface area (Å²) >= 11 is 0. The summed E-state index contributed by atoms with van der Waals surface area (Å²) < 4.78 is 34.0. The molecule has 2 aromatic heterocycles. The molecule has 0 spiro atoms. The predicted molar refractivity (Wildman–Crippen MR) is 185 cm³/mol. The molecule has 2 aliphatic heterocycles. The van der Waals surface area contributed by atoms with Gasteiger partial charge in [0.2, 0.25) is 5.88 Å². The first kappa shape index (κ1) is 34.1. The second-order valence-corrected chi connectivity index (χ2v) is 14.5. The standard InChI is InChI=1S/C38H44FN7O4/c1-23(15-40)50-22-38(2,3)44-37(47)25-9-10-31-33(14-25)46(17-27-11-12-48-27)34(42-31)20-45-18-28-29(19-45)36(28)32-5-4-6-35(43-32)49-21-26-8-7-24(16-41)13-30(26)39/h4-10,13-14,23,27-29,36H,11-12,15,17-22,40H2,1-3H3,(H,44,47). The van der Waals surface area contributed by atoms with Gasteiger partial charge in [0.05, 0.1) is 60.1 Å². The molecule has 262 valence electrons. The Kier molecular flexibility index (Phi) is 9.59. The van der Waals surface area contributed by atoms with E-state index in [4.69, 9.17) is 35.2 Å². The van der Waals surface area contributed by atoms with Gasteiger partial charge in [-0.3, -0.25) is 9.69 Å². The number of carbonyl (C=O) groups excluding carboxylic acids is 1. The number of nitrogens with two attached hydrogens (primary N) is 1. The Morgan fingerprint density at radius 3 is 2.68 bits per heavy atom. The van der Waals surface area contributed by atoms with Crippen molar-refractivity contribution in [2.24, 2.45) is 17.6 Å². The number of carbonyl (C=O) groups is 1. The van der Waals surface area contributed by atoms with Crippen LogP contribution in [0.4, 0.5) is 4.39 Å². The van der Waals surface area contributed by atoms with Crippen molar-refractivity contribution in [2.75, 3.05) is 32.8 Å². The Morgan fingerprint density at radius 1 is 1.18 bits per heavy atom. The fourth-order valence-electron chi connectivity index (χ4n) is 7.07. The van der Waals surface area contributed by atoms with Crippen molar-refractivity contribution in [2.45, 2.75) is 70.6 Å². The van der Waals surface area contributed by atoms with E-state index in [9.17, 15) is 9.18 Å². The third-order valence-electron chi connectivity index (χ3n) is 10.1. The number of imidazole rings is 1. The molecule has 4 heterocycles. The van der Waals surface area contributed by atoms with E-state index in [1.165, 1.54) is 6.07 Å². The van der Waals surface area contributed by atoms with Gasteiger partial charge in [-0.05, 0) is 75.4 Å². The smallest absolute Gasteiger partial charge is 0.251 e. The third kappa shape index (κ3) is 7.37. The van der Waals surface area contributed by atoms with Crippen LogP contribution >= 0.6 is 0 Å². The molecule has 4 unspecified atom stereocenters. The van der Waals surface area contributed by atoms with Crippen molar-refractivity contribution in [1.29, 1.82) is 5.26 Å². The highest BCUT2D eigenvalue weighted by Crippen LogP contribution is 2.58. The highest BCUT2D eigenvalue weighted by molar-refractivity contribution is 5.97. The molecule has 11 nitrogen and oxygen atoms in total. The molecule has 7 rings (SSSR count). The van der Waals surface area contributed by atoms with E-state index >= 15 is 0 Å². The molecule has 3 N–H and O–H groups in total. The van der Waals surface area contributed by atoms with Crippen LogP contribution in [0.25, 0.3) is 11.0 Å². The van der Waals surface area contributed by atoms with Gasteiger partial charge in [-0.25, -0.2) is 14.4 Å². The zero-order chi connectivity index (χ0) is 35.0. The summed E-state index contributed by atoms with van der Waals surface area (Å²) in [6.45, 7) is 10.7. The topological polar surface area (TPSA) is 141 Å². The van der Waals surface area contributed by atoms with Crippen molar-refractivity contribution in [3.05, 3.63) is 88.6 Å². The van der Waals surface area contributed by atoms with Crippen LogP contribution in [0.15, 0.2) is 54.6 Å². The van der Waals surface area contributed by atoms with Gasteiger partial charge < -0.3 is 29.8 Å². The normalized spacial score (nSPS) is 22.1. The molecule has 2 saturated heterocycles. The number of piperidine rings is 1. The van der Waals surface area contributed by atoms with Crippen LogP contribution in [0.1, 0.15) is 66.1 Å². The van der Waals surface area contributed by atoms with Gasteiger partial charge in [-0.2, -0.15) is 5.26 Å². The summed E-state index contributed by atoms with van der Waals surface area (Å²) in [5.74, 6) is 2.16. The molecule has 1 saturated carbocycles. The summed E-state index contributed by atoms with van der Waals surface area (Å²) in [6.07, 6.45) is 1.05. The van der Waals surface area contributed by atoms with Crippen LogP contribution in [0.2, 0.25) is 0 Å². The Bertz CT molecular complexity index is 1910. The average molecular weight is 682 g/mol. The lowest BCUT2D eigenvalue weighted by molar-refractivity contribution is -0.0591. The van der Waals surface area contributed by atoms with Crippen molar-refractivity contribution in [1.82, 2.24) is 24.8 Å². The first-order chi connectivity index (χ1) is 24.1. The number of benzene rings is 2. The maximum atomic E-state index is 14.3. The quantitative estimate of drug-likeness (QED) is 0.197. The van der Waals surface area contributed by atoms with Crippen molar-refractivity contribution in [3.8, 4) is 11.9 Å². The largest absolute Gasteiger partial charge is 0.473 e. The number of amides is 1. The molecule has 3 fully saturated rings. The highest BCUT2D eigenvalue weighted by atomic mass is 19.1. The van der Waals surface area contributed by atoms with Gasteiger partial charge in [0.25, 0.3) is 5.91 Å². The van der Waals surface area contributed by atoms with E-state index in [0.29, 0.717) is 61.0 Å². The zero-order valence-corrected chi connectivity index (χ0v) is 28.8. The highest BCUT2D eigenvalue weighted by Gasteiger charge is 2.57. The SMILES string of the molecule is CC(CN)OCC(C)(C)NC(=O)c1ccc2nc(CN3CC4C(C3)C4c3cccc(OCc4ccc(C#N)cc4F)n3)n(CC3CCO3)c2c1. The lowest BCUT2D eigenvalue weighted by Gasteiger charge is -2.28. The van der Waals surface area contributed by atoms with E-state index in [1.807, 2.05) is 57.2 Å². The summed E-state index contributed by atoms with van der Waals surface area (Å²) in [4.78, 5) is 25.6. The van der Waals surface area contributed by atoms with Crippen molar-refractivity contribution in [3.63, 3.8) is 0 Å². The number of pyridine rings is 1. The van der Waals surface area contributed by atoms with Crippen LogP contribution in [-0.4, -0.2) is 75.9 Å². The number of halogens is 1. The summed E-state index contributed by atoms with van der Waals surface area (Å²) in [5.41, 5.74) is 9.15. The second-order valence-electron chi connectivity index (χ2n) is 14.5. The number of nitriles is 1. The minimum atomic E-state index is -0.565. The number of rotatable bonds is 14. The molecular formula is C38H44FN7O4. The van der Waals surface area contributed by atoms with Crippen molar-refractivity contribution >= 4 is 16.9 Å². The van der Waals surface area contributed by atoms with Gasteiger partial charge in [0, 0.05) is 55.0 Å². The van der Waals surface area contributed by atoms with Crippen molar-refractivity contribution < 1.29 is 23.4 Å². The number of fused-ring (bicyclic) bond motifs is 2. The zero-order valence-electron chi connectivity index (χ0n) is 28.8. The minimum Gasteiger partial charge on any atom is -0.473 e. The predicted octanol–water partition coefficient (Wildman–Crippen LogP) is 4.53. The average Bonchev–Trinajstić information content (AvgIpc) is 3.40. The molecule has 1 aliphatic carbocycles. The van der Waals surface area contributed by atoms with Gasteiger partial charge in [0.1, 0.15) is 18.2 Å². The molecule has 2 aromatic carbocycles. The van der Waals surface area contributed by atoms with Crippen LogP contribution in [-0.2, 0) is 29.2 Å². The van der Waals surface area contributed by atoms with E-state index in [2.05, 4.69) is 14.8 Å². The van der Waals surface area contributed by atoms with Crippen LogP contribution < -0.4 is 15.8 Å². The number of likely N-dealkylation sites (tertiary alicyclic amines) is 1. The Labute approximate surface area is 291 Å². The maximum Gasteiger partial charge on any atom is 0.251 e. The van der Waals surface area contributed by atoms with Gasteiger partial charge in [0.15, 0.2) is 0 Å². The van der Waals surface area contributed by atoms with E-state index in [1.54, 1.807) is 18.2 Å². The number of aromatic nitrogens is 3. The van der Waals surface area contributed by atoms with Crippen LogP contribution in [0, 0.1) is 29.0 Å². The maximum absolute atomic E-state index is 14.3. The Hall–Kier alpha value is -4.41. The Balaban J connectivity index is 1.000. The van der Waals surface area contributed by atoms with Gasteiger partial charge in [-0.15, -0.1) is 0 Å². The monoisotopic (exact) mass is 681 g/mol. The summed E-state index contributed by atoms with van der Waals surface area (Å²) in [6, 6.07) is 17.8. The molecule has 4 aromatic rings. The van der Waals surface area contributed by atoms with Crippen LogP contribution in [0.5, 0.6) is 5.88 Å². The molecule has 0 bridgehead atoms. The van der Waals surface area contributed by atoms with E-state index in [0.717, 1.165) is 48.7 Å². The lowest BCUT2D eigenvalue weighted by Crippen LogP contribution is -2.48. The van der Waals surface area contributed by atoms with Gasteiger partial charge in [-0.1, -0.05) is 12.1 Å². The Morgan fingerprint density at radius 2 is 1.98 bits per heavy atom. The molecular weight excluding hydrogens is 637 g/mol. The fourth-order valence-corrected chi connectivity index (χ4v) is 7.07. The number of hydrogen-bond acceptors (Lipinski definition) is 9. The van der Waals surface area contributed by atoms with E-state index in [-0.39, 0.29) is 30.3 Å². The number of ether oxygens (including phenoxy) is 3. The van der Waals surface area contributed by atoms with E-state index < -0.39 is 11.4 Å². The lowest BCUT2D eigenvalue weighted by atomic mass is 10.1. The molecule has 1 amide bonds. The number of nitrogens with one attached hydrogen (secondary N) is 1. The van der Waals surface area contributed by atoms with Crippen LogP contribution in [0.3, 0.4) is 0 Å². The summed E-state index contributed by atoms with van der Waals surface area (Å²) in [5, 5.41) is 12.1. The number of nitrogens with zero attached hydrogens (tertiary/aromatic N) is 5. The molecule has 3 aliphatic rings. The first-order valence-corrected chi connectivity index (χ1v) is 17.4. The number of hydrogen-bond donors (Lipinski definition) is 2. The summed E-state index contributed by atoms with van der Waals surface area (Å²) in [7, 11) is 0. The molecule has 4 atom stereocenters.